The summed E-state index contributed by atoms with van der Waals surface area (Å²) in [4.78, 5) is 36.4. The number of para-hydroxylation sites is 2. The van der Waals surface area contributed by atoms with E-state index in [1.807, 2.05) is 0 Å². The number of hydrogen-bond donors (Lipinski definition) is 2. The van der Waals surface area contributed by atoms with Crippen LogP contribution in [0.15, 0.2) is 81.5 Å². The van der Waals surface area contributed by atoms with Gasteiger partial charge in [-0.15, -0.1) is 0 Å². The Hall–Kier alpha value is -3.93. The first-order valence-corrected chi connectivity index (χ1v) is 8.36. The Morgan fingerprint density at radius 1 is 0.964 bits per heavy atom. The fraction of sp³-hybridized carbons (Fsp3) is 0.0455. The predicted molar refractivity (Wildman–Crippen MR) is 104 cm³/mol. The van der Waals surface area contributed by atoms with E-state index in [-0.39, 0.29) is 22.4 Å². The van der Waals surface area contributed by atoms with E-state index in [4.69, 9.17) is 4.42 Å². The molecular weight excluding hydrogens is 360 g/mol. The minimum Gasteiger partial charge on any atom is -0.507 e. The normalized spacial score (nSPS) is 12.2. The number of fused-ring (bicyclic) bond motifs is 1. The summed E-state index contributed by atoms with van der Waals surface area (Å²) in [5.41, 5.74) is -0.838. The van der Waals surface area contributed by atoms with E-state index < -0.39 is 23.0 Å². The number of carbonyl (C=O) groups is 2. The van der Waals surface area contributed by atoms with Gasteiger partial charge in [0.05, 0.1) is 11.1 Å². The number of ketones is 2. The maximum absolute atomic E-state index is 12.3. The predicted octanol–water partition coefficient (Wildman–Crippen LogP) is 3.80. The molecule has 3 aromatic rings. The number of aliphatic hydroxyl groups excluding tert-OH is 1. The van der Waals surface area contributed by atoms with E-state index in [1.165, 1.54) is 25.1 Å². The summed E-state index contributed by atoms with van der Waals surface area (Å²) in [5.74, 6) is -1.90. The third-order valence-electron chi connectivity index (χ3n) is 4.10. The van der Waals surface area contributed by atoms with Crippen molar-refractivity contribution in [3.63, 3.8) is 0 Å². The topological polar surface area (TPSA) is 105 Å². The summed E-state index contributed by atoms with van der Waals surface area (Å²) in [6.45, 7) is 1.20. The first-order valence-electron chi connectivity index (χ1n) is 8.36. The van der Waals surface area contributed by atoms with Crippen molar-refractivity contribution in [2.24, 2.45) is 0 Å². The molecule has 0 saturated carbocycles. The van der Waals surface area contributed by atoms with Gasteiger partial charge in [0.2, 0.25) is 0 Å². The van der Waals surface area contributed by atoms with Gasteiger partial charge in [0.25, 0.3) is 0 Å². The van der Waals surface area contributed by atoms with Crippen molar-refractivity contribution >= 4 is 28.3 Å². The zero-order valence-corrected chi connectivity index (χ0v) is 14.9. The van der Waals surface area contributed by atoms with E-state index in [1.54, 1.807) is 36.4 Å². The summed E-state index contributed by atoms with van der Waals surface area (Å²) in [6, 6.07) is 14.1. The number of benzene rings is 2. The van der Waals surface area contributed by atoms with Crippen LogP contribution in [0.4, 0.5) is 0 Å². The number of hydrogen-bond acceptors (Lipinski definition) is 6. The average molecular weight is 376 g/mol. The molecule has 0 fully saturated rings. The maximum Gasteiger partial charge on any atom is 0.347 e. The summed E-state index contributed by atoms with van der Waals surface area (Å²) in [7, 11) is 0. The lowest BCUT2D eigenvalue weighted by Crippen LogP contribution is -2.10. The van der Waals surface area contributed by atoms with E-state index >= 15 is 0 Å². The van der Waals surface area contributed by atoms with Crippen LogP contribution in [-0.2, 0) is 4.79 Å². The van der Waals surface area contributed by atoms with E-state index in [0.29, 0.717) is 11.0 Å². The molecule has 2 aromatic carbocycles. The molecule has 0 saturated heterocycles. The molecular formula is C22H16O6. The van der Waals surface area contributed by atoms with Crippen molar-refractivity contribution < 1.29 is 24.2 Å². The molecule has 0 unspecified atom stereocenters. The van der Waals surface area contributed by atoms with Crippen molar-refractivity contribution in [2.45, 2.75) is 6.92 Å². The summed E-state index contributed by atoms with van der Waals surface area (Å²) < 4.78 is 5.17. The Morgan fingerprint density at radius 3 is 2.36 bits per heavy atom. The lowest BCUT2D eigenvalue weighted by Gasteiger charge is -2.05. The highest BCUT2D eigenvalue weighted by Gasteiger charge is 2.16. The molecule has 0 spiro atoms. The largest absolute Gasteiger partial charge is 0.507 e. The van der Waals surface area contributed by atoms with Crippen molar-refractivity contribution in [1.82, 2.24) is 0 Å². The highest BCUT2D eigenvalue weighted by Crippen LogP contribution is 2.21. The van der Waals surface area contributed by atoms with Crippen LogP contribution in [0.25, 0.3) is 16.7 Å². The third-order valence-corrected chi connectivity index (χ3v) is 4.10. The van der Waals surface area contributed by atoms with E-state index in [0.717, 1.165) is 12.2 Å². The van der Waals surface area contributed by atoms with Gasteiger partial charge in [-0.1, -0.05) is 30.3 Å². The molecule has 1 aromatic heterocycles. The molecule has 1 heterocycles. The second kappa shape index (κ2) is 7.75. The van der Waals surface area contributed by atoms with Gasteiger partial charge in [-0.2, -0.15) is 0 Å². The van der Waals surface area contributed by atoms with Crippen LogP contribution in [0.2, 0.25) is 0 Å². The number of carbonyl (C=O) groups excluding carboxylic acids is 2. The highest BCUT2D eigenvalue weighted by atomic mass is 16.4. The second-order valence-electron chi connectivity index (χ2n) is 6.02. The quantitative estimate of drug-likeness (QED) is 0.231. The smallest absolute Gasteiger partial charge is 0.347 e. The molecule has 6 heteroatoms. The molecule has 0 aliphatic rings. The van der Waals surface area contributed by atoms with Crippen molar-refractivity contribution in [3.8, 4) is 5.75 Å². The van der Waals surface area contributed by atoms with Crippen LogP contribution >= 0.6 is 0 Å². The SMILES string of the molecule is CC(=O)C(/C=C/C(=O)c1ccccc1O)=C(\O)c1cc2ccccc2oc1=O. The fourth-order valence-electron chi connectivity index (χ4n) is 2.67. The minimum atomic E-state index is -0.810. The van der Waals surface area contributed by atoms with Crippen LogP contribution < -0.4 is 5.63 Å². The minimum absolute atomic E-state index is 0.0476. The second-order valence-corrected chi connectivity index (χ2v) is 6.02. The molecule has 0 radical (unpaired) electrons. The number of Topliss-reactive ketones (excluding diaryl/α,β-unsaturated/α-hetero) is 1. The van der Waals surface area contributed by atoms with Crippen molar-refractivity contribution in [2.75, 3.05) is 0 Å². The summed E-state index contributed by atoms with van der Waals surface area (Å²) in [5, 5.41) is 20.8. The zero-order valence-electron chi connectivity index (χ0n) is 14.9. The Balaban J connectivity index is 2.06. The fourth-order valence-corrected chi connectivity index (χ4v) is 2.67. The Morgan fingerprint density at radius 2 is 1.64 bits per heavy atom. The van der Waals surface area contributed by atoms with Gasteiger partial charge in [-0.05, 0) is 43.3 Å². The lowest BCUT2D eigenvalue weighted by molar-refractivity contribution is -0.113. The van der Waals surface area contributed by atoms with E-state index in [2.05, 4.69) is 0 Å². The van der Waals surface area contributed by atoms with Crippen LogP contribution in [-0.4, -0.2) is 21.8 Å². The summed E-state index contributed by atoms with van der Waals surface area (Å²) in [6.07, 6.45) is 2.16. The molecule has 28 heavy (non-hydrogen) atoms. The average Bonchev–Trinajstić information content (AvgIpc) is 2.67. The number of aromatic hydroxyl groups is 1. The van der Waals surface area contributed by atoms with Gasteiger partial charge in [-0.25, -0.2) is 4.79 Å². The highest BCUT2D eigenvalue weighted by molar-refractivity contribution is 6.09. The van der Waals surface area contributed by atoms with Crippen LogP contribution in [0, 0.1) is 0 Å². The van der Waals surface area contributed by atoms with Gasteiger partial charge in [0.15, 0.2) is 11.6 Å². The monoisotopic (exact) mass is 376 g/mol. The van der Waals surface area contributed by atoms with Crippen LogP contribution in [0.5, 0.6) is 5.75 Å². The molecule has 0 aliphatic heterocycles. The molecule has 2 N–H and O–H groups in total. The molecule has 0 aliphatic carbocycles. The number of phenolic OH excluding ortho intramolecular Hbond substituents is 1. The number of aliphatic hydroxyl groups is 1. The first-order chi connectivity index (χ1) is 13.4. The van der Waals surface area contributed by atoms with Crippen LogP contribution in [0.1, 0.15) is 22.8 Å². The van der Waals surface area contributed by atoms with E-state index in [9.17, 15) is 24.6 Å². The molecule has 0 bridgehead atoms. The summed E-state index contributed by atoms with van der Waals surface area (Å²) >= 11 is 0. The van der Waals surface area contributed by atoms with Gasteiger partial charge in [0, 0.05) is 5.39 Å². The third kappa shape index (κ3) is 3.76. The maximum atomic E-state index is 12.3. The molecule has 0 amide bonds. The van der Waals surface area contributed by atoms with Gasteiger partial charge in [0.1, 0.15) is 22.7 Å². The lowest BCUT2D eigenvalue weighted by atomic mass is 10.0. The number of allylic oxidation sites excluding steroid dienone is 3. The van der Waals surface area contributed by atoms with Gasteiger partial charge < -0.3 is 14.6 Å². The van der Waals surface area contributed by atoms with Gasteiger partial charge >= 0.3 is 5.63 Å². The molecule has 6 nitrogen and oxygen atoms in total. The van der Waals surface area contributed by atoms with Crippen molar-refractivity contribution in [3.05, 3.63) is 93.9 Å². The first kappa shape index (κ1) is 18.8. The van der Waals surface area contributed by atoms with Crippen molar-refractivity contribution in [1.29, 1.82) is 0 Å². The molecule has 140 valence electrons. The standard InChI is InChI=1S/C22H16O6/c1-13(23)15(10-11-19(25)16-7-3-4-8-18(16)24)21(26)17-12-14-6-2-5-9-20(14)28-22(17)27/h2-12,24,26H,1H3/b11-10+,21-15-. The van der Waals surface area contributed by atoms with Crippen LogP contribution in [0.3, 0.4) is 0 Å². The Bertz CT molecular complexity index is 1200. The Labute approximate surface area is 159 Å². The zero-order chi connectivity index (χ0) is 20.3. The number of rotatable bonds is 5. The number of phenols is 1. The molecule has 0 atom stereocenters. The molecule has 3 rings (SSSR count). The Kier molecular flexibility index (Phi) is 5.22. The van der Waals surface area contributed by atoms with Gasteiger partial charge in [-0.3, -0.25) is 9.59 Å².